The van der Waals surface area contributed by atoms with E-state index in [4.69, 9.17) is 14.1 Å². The Morgan fingerprint density at radius 2 is 2.00 bits per heavy atom. The van der Waals surface area contributed by atoms with E-state index >= 15 is 0 Å². The molecule has 10 nitrogen and oxygen atoms in total. The van der Waals surface area contributed by atoms with E-state index in [1.54, 1.807) is 13.2 Å². The molecule has 2 aromatic rings. The fourth-order valence-electron chi connectivity index (χ4n) is 4.59. The standard InChI is InChI=1S/C26H37FN6O4/c1-17(2)24-30-26(37-32-24)33-13-10-21(11-14-33)36-31-20-7-4-18(5-8-20)19-6-9-23(22(27)16-19)29-25(34)28-12-15-35-3/h6,9,16-18,21H,4-5,7-8,10-15H2,1-3H3,(H2,28,29,34). The fraction of sp³-hybridized carbons (Fsp3) is 0.615. The number of ether oxygens (including phenoxy) is 1. The van der Waals surface area contributed by atoms with E-state index in [-0.39, 0.29) is 23.6 Å². The average Bonchev–Trinajstić information content (AvgIpc) is 3.40. The summed E-state index contributed by atoms with van der Waals surface area (Å²) in [6, 6.07) is 5.16. The number of piperidine rings is 1. The molecule has 2 N–H and O–H groups in total. The molecule has 11 heteroatoms. The van der Waals surface area contributed by atoms with Crippen molar-refractivity contribution in [2.75, 3.05) is 43.6 Å². The zero-order valence-corrected chi connectivity index (χ0v) is 21.8. The second kappa shape index (κ2) is 12.8. The van der Waals surface area contributed by atoms with Crippen LogP contribution in [0.25, 0.3) is 0 Å². The van der Waals surface area contributed by atoms with Gasteiger partial charge in [0, 0.05) is 45.5 Å². The summed E-state index contributed by atoms with van der Waals surface area (Å²) in [5.74, 6) is 0.789. The number of urea groups is 1. The van der Waals surface area contributed by atoms with Crippen molar-refractivity contribution in [2.24, 2.45) is 5.16 Å². The first-order valence-corrected chi connectivity index (χ1v) is 13.1. The molecule has 0 radical (unpaired) electrons. The maximum Gasteiger partial charge on any atom is 0.324 e. The molecule has 0 bridgehead atoms. The minimum absolute atomic E-state index is 0.0785. The number of benzene rings is 1. The minimum Gasteiger partial charge on any atom is -0.392 e. The molecule has 4 rings (SSSR count). The summed E-state index contributed by atoms with van der Waals surface area (Å²) in [7, 11) is 1.55. The number of carbonyl (C=O) groups is 1. The first kappa shape index (κ1) is 26.8. The van der Waals surface area contributed by atoms with Crippen LogP contribution in [0.1, 0.15) is 75.6 Å². The molecule has 37 heavy (non-hydrogen) atoms. The molecule has 2 aliphatic rings. The Morgan fingerprint density at radius 1 is 1.24 bits per heavy atom. The van der Waals surface area contributed by atoms with E-state index in [9.17, 15) is 9.18 Å². The highest BCUT2D eigenvalue weighted by Gasteiger charge is 2.26. The molecule has 1 saturated heterocycles. The molecule has 1 saturated carbocycles. The van der Waals surface area contributed by atoms with Crippen LogP contribution in [0, 0.1) is 5.82 Å². The van der Waals surface area contributed by atoms with Gasteiger partial charge in [-0.1, -0.05) is 30.2 Å². The Bertz CT molecular complexity index is 1060. The Labute approximate surface area is 216 Å². The Morgan fingerprint density at radius 3 is 2.65 bits per heavy atom. The third kappa shape index (κ3) is 7.41. The number of rotatable bonds is 9. The van der Waals surface area contributed by atoms with Gasteiger partial charge in [-0.3, -0.25) is 0 Å². The first-order chi connectivity index (χ1) is 17.9. The van der Waals surface area contributed by atoms with Crippen molar-refractivity contribution in [3.05, 3.63) is 35.4 Å². The first-order valence-electron chi connectivity index (χ1n) is 13.1. The van der Waals surface area contributed by atoms with E-state index in [0.717, 1.165) is 68.7 Å². The number of halogens is 1. The Hall–Kier alpha value is -3.21. The van der Waals surface area contributed by atoms with Crippen LogP contribution in [0.3, 0.4) is 0 Å². The summed E-state index contributed by atoms with van der Waals surface area (Å²) in [6.45, 7) is 6.43. The molecule has 0 spiro atoms. The van der Waals surface area contributed by atoms with Gasteiger partial charge in [-0.2, -0.15) is 4.98 Å². The third-order valence-electron chi connectivity index (χ3n) is 6.86. The lowest BCUT2D eigenvalue weighted by molar-refractivity contribution is 0.0401. The van der Waals surface area contributed by atoms with Crippen LogP contribution >= 0.6 is 0 Å². The molecule has 0 atom stereocenters. The van der Waals surface area contributed by atoms with E-state index in [1.807, 2.05) is 19.9 Å². The number of anilines is 2. The monoisotopic (exact) mass is 516 g/mol. The molecule has 2 fully saturated rings. The van der Waals surface area contributed by atoms with Gasteiger partial charge >= 0.3 is 12.0 Å². The van der Waals surface area contributed by atoms with Gasteiger partial charge in [0.25, 0.3) is 0 Å². The van der Waals surface area contributed by atoms with Gasteiger partial charge in [-0.05, 0) is 49.3 Å². The predicted octanol–water partition coefficient (Wildman–Crippen LogP) is 4.80. The molecule has 1 aliphatic heterocycles. The quantitative estimate of drug-likeness (QED) is 0.363. The highest BCUT2D eigenvalue weighted by atomic mass is 19.1. The van der Waals surface area contributed by atoms with E-state index < -0.39 is 11.8 Å². The summed E-state index contributed by atoms with van der Waals surface area (Å²) in [5.41, 5.74) is 2.16. The summed E-state index contributed by atoms with van der Waals surface area (Å²) in [6.07, 6.45) is 5.21. The smallest absolute Gasteiger partial charge is 0.324 e. The topological polar surface area (TPSA) is 114 Å². The lowest BCUT2D eigenvalue weighted by Gasteiger charge is -2.29. The molecule has 0 unspecified atom stereocenters. The summed E-state index contributed by atoms with van der Waals surface area (Å²) in [4.78, 5) is 24.3. The highest BCUT2D eigenvalue weighted by molar-refractivity contribution is 5.89. The number of hydrogen-bond donors (Lipinski definition) is 2. The molecular weight excluding hydrogens is 479 g/mol. The van der Waals surface area contributed by atoms with Gasteiger partial charge in [0.1, 0.15) is 11.9 Å². The number of methoxy groups -OCH3 is 1. The van der Waals surface area contributed by atoms with Gasteiger partial charge in [0.2, 0.25) is 0 Å². The fourth-order valence-corrected chi connectivity index (χ4v) is 4.59. The summed E-state index contributed by atoms with van der Waals surface area (Å²) in [5, 5.41) is 13.7. The Kier molecular flexibility index (Phi) is 9.32. The molecule has 2 amide bonds. The molecule has 2 heterocycles. The van der Waals surface area contributed by atoms with Crippen LogP contribution < -0.4 is 15.5 Å². The van der Waals surface area contributed by atoms with E-state index in [0.29, 0.717) is 19.2 Å². The lowest BCUT2D eigenvalue weighted by atomic mass is 9.83. The summed E-state index contributed by atoms with van der Waals surface area (Å²) >= 11 is 0. The van der Waals surface area contributed by atoms with Gasteiger partial charge in [-0.25, -0.2) is 9.18 Å². The van der Waals surface area contributed by atoms with E-state index in [1.165, 1.54) is 6.07 Å². The Balaban J connectivity index is 1.20. The van der Waals surface area contributed by atoms with Crippen molar-refractivity contribution in [3.63, 3.8) is 0 Å². The number of oxime groups is 1. The van der Waals surface area contributed by atoms with Crippen molar-refractivity contribution in [1.82, 2.24) is 15.5 Å². The van der Waals surface area contributed by atoms with Gasteiger partial charge < -0.3 is 29.6 Å². The largest absolute Gasteiger partial charge is 0.392 e. The number of amides is 2. The van der Waals surface area contributed by atoms with Crippen LogP contribution in [0.2, 0.25) is 0 Å². The van der Waals surface area contributed by atoms with E-state index in [2.05, 4.69) is 30.8 Å². The van der Waals surface area contributed by atoms with Crippen LogP contribution in [0.4, 0.5) is 20.9 Å². The number of carbonyl (C=O) groups excluding carboxylic acids is 1. The number of hydrogen-bond acceptors (Lipinski definition) is 8. The lowest BCUT2D eigenvalue weighted by Crippen LogP contribution is -2.36. The van der Waals surface area contributed by atoms with Crippen molar-refractivity contribution < 1.29 is 23.3 Å². The van der Waals surface area contributed by atoms with Crippen LogP contribution in [-0.4, -0.2) is 61.3 Å². The maximum atomic E-state index is 14.6. The minimum atomic E-state index is -0.456. The zero-order chi connectivity index (χ0) is 26.2. The van der Waals surface area contributed by atoms with Crippen LogP contribution in [0.5, 0.6) is 0 Å². The highest BCUT2D eigenvalue weighted by Crippen LogP contribution is 2.33. The SMILES string of the molecule is COCCNC(=O)Nc1ccc(C2CCC(=NOC3CCN(c4nc(C(C)C)no4)CC3)CC2)cc1F. The van der Waals surface area contributed by atoms with Crippen molar-refractivity contribution in [2.45, 2.75) is 70.3 Å². The number of nitrogens with zero attached hydrogens (tertiary/aromatic N) is 4. The predicted molar refractivity (Wildman–Crippen MR) is 139 cm³/mol. The van der Waals surface area contributed by atoms with Gasteiger partial charge in [0.15, 0.2) is 5.82 Å². The molecular formula is C26H37FN6O4. The molecule has 1 aromatic heterocycles. The van der Waals surface area contributed by atoms with Gasteiger partial charge in [-0.15, -0.1) is 0 Å². The second-order valence-corrected chi connectivity index (χ2v) is 9.93. The van der Waals surface area contributed by atoms with Crippen LogP contribution in [-0.2, 0) is 9.57 Å². The molecule has 1 aliphatic carbocycles. The normalized spacial score (nSPS) is 18.7. The van der Waals surface area contributed by atoms with Crippen molar-refractivity contribution in [3.8, 4) is 0 Å². The number of nitrogens with one attached hydrogen (secondary N) is 2. The van der Waals surface area contributed by atoms with Gasteiger partial charge in [0.05, 0.1) is 18.0 Å². The number of aromatic nitrogens is 2. The molecule has 202 valence electrons. The zero-order valence-electron chi connectivity index (χ0n) is 21.8. The van der Waals surface area contributed by atoms with Crippen molar-refractivity contribution in [1.29, 1.82) is 0 Å². The second-order valence-electron chi connectivity index (χ2n) is 9.93. The third-order valence-corrected chi connectivity index (χ3v) is 6.86. The maximum absolute atomic E-state index is 14.6. The van der Waals surface area contributed by atoms with Crippen LogP contribution in [0.15, 0.2) is 27.9 Å². The molecule has 1 aromatic carbocycles. The van der Waals surface area contributed by atoms with Crippen molar-refractivity contribution >= 4 is 23.4 Å². The average molecular weight is 517 g/mol. The summed E-state index contributed by atoms with van der Waals surface area (Å²) < 4.78 is 24.9.